The number of aromatic nitrogens is 4. The van der Waals surface area contributed by atoms with Gasteiger partial charge in [-0.15, -0.1) is 0 Å². The van der Waals surface area contributed by atoms with Gasteiger partial charge in [0.1, 0.15) is 11.9 Å². The molecule has 1 spiro atoms. The molecular weight excluding hydrogens is 619 g/mol. The molecule has 2 aliphatic heterocycles. The Kier molecular flexibility index (Phi) is 8.26. The average molecular weight is 652 g/mol. The summed E-state index contributed by atoms with van der Waals surface area (Å²) in [5, 5.41) is 26.0. The van der Waals surface area contributed by atoms with Gasteiger partial charge >= 0.3 is 18.1 Å². The number of aromatic carboxylic acids is 1. The molecule has 2 aliphatic rings. The zero-order chi connectivity index (χ0) is 33.5. The number of hydrogen-bond donors (Lipinski definition) is 4. The molecule has 0 radical (unpaired) electrons. The maximum Gasteiger partial charge on any atom is 0.429 e. The van der Waals surface area contributed by atoms with Crippen LogP contribution < -0.4 is 20.7 Å². The number of alkyl halides is 3. The molecule has 47 heavy (non-hydrogen) atoms. The smallest absolute Gasteiger partial charge is 0.429 e. The number of nitrogens with zero attached hydrogens (tertiary/aromatic N) is 5. The minimum atomic E-state index is -4.91. The van der Waals surface area contributed by atoms with E-state index in [2.05, 4.69) is 20.4 Å². The number of carbonyl (C=O) groups is 2. The number of hydrogen-bond acceptors (Lipinski definition) is 9. The van der Waals surface area contributed by atoms with Crippen molar-refractivity contribution in [1.82, 2.24) is 25.1 Å². The number of piperidine rings is 1. The SMILES string of the molecule is Cc1ccn(-c2ccc(-c3ccc(C(=O)O)cc3)cc2C(Oc2cc(N3CCC4(CC3)CN[C@H](C(=O)O)C4)nc(N)n2)C(F)(F)F)n1. The average Bonchev–Trinajstić information content (AvgIpc) is 3.66. The summed E-state index contributed by atoms with van der Waals surface area (Å²) in [5.74, 6) is -2.34. The van der Waals surface area contributed by atoms with Crippen LogP contribution in [0.25, 0.3) is 16.8 Å². The van der Waals surface area contributed by atoms with Gasteiger partial charge in [-0.25, -0.2) is 9.48 Å². The van der Waals surface area contributed by atoms with Crippen molar-refractivity contribution in [1.29, 1.82) is 0 Å². The molecule has 4 heterocycles. The van der Waals surface area contributed by atoms with Crippen LogP contribution in [0.2, 0.25) is 0 Å². The van der Waals surface area contributed by atoms with Crippen LogP contribution in [0.3, 0.4) is 0 Å². The molecule has 0 bridgehead atoms. The molecule has 5 N–H and O–H groups in total. The first-order valence-electron chi connectivity index (χ1n) is 14.9. The highest BCUT2D eigenvalue weighted by atomic mass is 19.4. The summed E-state index contributed by atoms with van der Waals surface area (Å²) in [6, 6.07) is 12.6. The Hall–Kier alpha value is -5.18. The van der Waals surface area contributed by atoms with E-state index in [9.17, 15) is 33.0 Å². The minimum absolute atomic E-state index is 0.0412. The lowest BCUT2D eigenvalue weighted by Gasteiger charge is -2.39. The lowest BCUT2D eigenvalue weighted by molar-refractivity contribution is -0.198. The van der Waals surface area contributed by atoms with Crippen LogP contribution in [0.15, 0.2) is 60.8 Å². The molecule has 2 fully saturated rings. The normalized spacial score (nSPS) is 18.3. The van der Waals surface area contributed by atoms with Crippen LogP contribution in [0.1, 0.15) is 47.0 Å². The third-order valence-corrected chi connectivity index (χ3v) is 8.79. The molecule has 246 valence electrons. The summed E-state index contributed by atoms with van der Waals surface area (Å²) >= 11 is 0. The predicted octanol–water partition coefficient (Wildman–Crippen LogP) is 4.63. The third kappa shape index (κ3) is 6.70. The number of carboxylic acids is 2. The molecule has 2 aromatic carbocycles. The fraction of sp³-hybridized carbons (Fsp3) is 0.344. The molecule has 12 nitrogen and oxygen atoms in total. The van der Waals surface area contributed by atoms with Gasteiger partial charge in [0.2, 0.25) is 17.9 Å². The number of rotatable bonds is 8. The highest BCUT2D eigenvalue weighted by Crippen LogP contribution is 2.43. The molecule has 2 saturated heterocycles. The van der Waals surface area contributed by atoms with E-state index in [1.807, 2.05) is 4.90 Å². The number of nitrogens with two attached hydrogens (primary N) is 1. The summed E-state index contributed by atoms with van der Waals surface area (Å²) < 4.78 is 51.8. The number of ether oxygens (including phenoxy) is 1. The zero-order valence-corrected chi connectivity index (χ0v) is 25.2. The summed E-state index contributed by atoms with van der Waals surface area (Å²) in [6.07, 6.45) is -4.01. The summed E-state index contributed by atoms with van der Waals surface area (Å²) in [5.41, 5.74) is 7.21. The van der Waals surface area contributed by atoms with E-state index < -0.39 is 30.3 Å². The van der Waals surface area contributed by atoms with Gasteiger partial charge in [-0.1, -0.05) is 18.2 Å². The highest BCUT2D eigenvalue weighted by Gasteiger charge is 2.46. The Morgan fingerprint density at radius 3 is 2.34 bits per heavy atom. The Morgan fingerprint density at radius 2 is 1.74 bits per heavy atom. The largest absolute Gasteiger partial charge is 0.480 e. The minimum Gasteiger partial charge on any atom is -0.480 e. The van der Waals surface area contributed by atoms with Crippen molar-refractivity contribution in [2.45, 2.75) is 44.5 Å². The lowest BCUT2D eigenvalue weighted by atomic mass is 9.76. The molecule has 4 aromatic rings. The van der Waals surface area contributed by atoms with E-state index >= 15 is 0 Å². The van der Waals surface area contributed by atoms with E-state index in [0.717, 1.165) is 0 Å². The molecule has 6 rings (SSSR count). The molecule has 15 heteroatoms. The van der Waals surface area contributed by atoms with E-state index in [1.54, 1.807) is 25.3 Å². The lowest BCUT2D eigenvalue weighted by Crippen LogP contribution is -2.41. The van der Waals surface area contributed by atoms with Crippen molar-refractivity contribution in [3.8, 4) is 22.7 Å². The summed E-state index contributed by atoms with van der Waals surface area (Å²) in [7, 11) is 0. The van der Waals surface area contributed by atoms with Gasteiger partial charge in [0.25, 0.3) is 0 Å². The van der Waals surface area contributed by atoms with Gasteiger partial charge in [0.15, 0.2) is 0 Å². The van der Waals surface area contributed by atoms with E-state index in [4.69, 9.17) is 10.5 Å². The number of anilines is 2. The van der Waals surface area contributed by atoms with Crippen molar-refractivity contribution in [3.63, 3.8) is 0 Å². The molecule has 0 aliphatic carbocycles. The fourth-order valence-corrected chi connectivity index (χ4v) is 6.27. The number of benzene rings is 2. The van der Waals surface area contributed by atoms with Crippen LogP contribution in [0.5, 0.6) is 5.88 Å². The molecule has 1 unspecified atom stereocenters. The van der Waals surface area contributed by atoms with Crippen molar-refractivity contribution < 1.29 is 37.7 Å². The van der Waals surface area contributed by atoms with Gasteiger partial charge in [-0.2, -0.15) is 28.2 Å². The van der Waals surface area contributed by atoms with Crippen LogP contribution in [0, 0.1) is 12.3 Å². The number of nitrogen functional groups attached to an aromatic ring is 1. The maximum absolute atomic E-state index is 14.9. The number of carboxylic acid groups (broad SMARTS) is 2. The second-order valence-electron chi connectivity index (χ2n) is 12.0. The molecule has 0 amide bonds. The highest BCUT2D eigenvalue weighted by molar-refractivity contribution is 5.88. The van der Waals surface area contributed by atoms with Crippen molar-refractivity contribution in [3.05, 3.63) is 77.6 Å². The first-order valence-corrected chi connectivity index (χ1v) is 14.9. The van der Waals surface area contributed by atoms with Gasteiger partial charge < -0.3 is 30.9 Å². The topological polar surface area (TPSA) is 169 Å². The van der Waals surface area contributed by atoms with Gasteiger partial charge in [-0.05, 0) is 73.1 Å². The van der Waals surface area contributed by atoms with Gasteiger partial charge in [0, 0.05) is 37.5 Å². The fourth-order valence-electron chi connectivity index (χ4n) is 6.27. The summed E-state index contributed by atoms with van der Waals surface area (Å²) in [6.45, 7) is 3.29. The number of nitrogens with one attached hydrogen (secondary N) is 1. The van der Waals surface area contributed by atoms with Crippen LogP contribution in [0.4, 0.5) is 24.9 Å². The Labute approximate surface area is 267 Å². The Bertz CT molecular complexity index is 1800. The van der Waals surface area contributed by atoms with Crippen LogP contribution in [-0.2, 0) is 4.79 Å². The molecule has 0 saturated carbocycles. The second kappa shape index (κ2) is 12.2. The van der Waals surface area contributed by atoms with E-state index in [0.29, 0.717) is 61.5 Å². The molecule has 2 aromatic heterocycles. The third-order valence-electron chi connectivity index (χ3n) is 8.79. The number of aliphatic carboxylic acids is 1. The zero-order valence-electron chi connectivity index (χ0n) is 25.2. The quantitative estimate of drug-likeness (QED) is 0.210. The van der Waals surface area contributed by atoms with Crippen molar-refractivity contribution in [2.75, 3.05) is 30.3 Å². The number of halogens is 3. The Morgan fingerprint density at radius 1 is 1.04 bits per heavy atom. The molecular formula is C32H32F3N7O5. The van der Waals surface area contributed by atoms with Crippen LogP contribution >= 0.6 is 0 Å². The number of aryl methyl sites for hydroxylation is 1. The first kappa shape index (κ1) is 31.8. The van der Waals surface area contributed by atoms with Crippen molar-refractivity contribution >= 4 is 23.7 Å². The van der Waals surface area contributed by atoms with Crippen molar-refractivity contribution in [2.24, 2.45) is 5.41 Å². The second-order valence-corrected chi connectivity index (χ2v) is 12.0. The predicted molar refractivity (Wildman–Crippen MR) is 164 cm³/mol. The maximum atomic E-state index is 14.9. The van der Waals surface area contributed by atoms with E-state index in [-0.39, 0.29) is 34.1 Å². The standard InChI is InChI=1S/C32H32F3N7O5/c1-18-8-11-42(40-18)24-7-6-21(19-2-4-20(5-3-19)28(43)44)14-22(24)27(32(33,34)35)47-26-15-25(38-30(36)39-26)41-12-9-31(10-13-41)16-23(29(45)46)37-17-31/h2-8,11,14-15,23,27,37H,9-10,12-13,16-17H2,1H3,(H,43,44)(H,45,46)(H2,36,38,39)/t23-,27?/m0/s1. The van der Waals surface area contributed by atoms with Crippen LogP contribution in [-0.4, -0.2) is 73.8 Å². The summed E-state index contributed by atoms with van der Waals surface area (Å²) in [4.78, 5) is 32.9. The molecule has 2 atom stereocenters. The Balaban J connectivity index is 1.32. The van der Waals surface area contributed by atoms with Gasteiger partial charge in [-0.3, -0.25) is 4.79 Å². The first-order chi connectivity index (χ1) is 22.3. The van der Waals surface area contributed by atoms with Gasteiger partial charge in [0.05, 0.1) is 16.9 Å². The van der Waals surface area contributed by atoms with E-state index in [1.165, 1.54) is 47.1 Å². The monoisotopic (exact) mass is 651 g/mol.